The van der Waals surface area contributed by atoms with Crippen molar-refractivity contribution in [3.05, 3.63) is 35.0 Å². The maximum atomic E-state index is 12.4. The number of aromatic nitrogens is 1. The Balaban J connectivity index is 2.04. The Kier molecular flexibility index (Phi) is 3.78. The molecule has 2 amide bonds. The molecule has 0 bridgehead atoms. The molecule has 0 spiro atoms. The van der Waals surface area contributed by atoms with Gasteiger partial charge in [-0.3, -0.25) is 4.79 Å². The average molecular weight is 329 g/mol. The van der Waals surface area contributed by atoms with Crippen LogP contribution in [-0.2, 0) is 17.8 Å². The fourth-order valence-electron chi connectivity index (χ4n) is 3.32. The zero-order chi connectivity index (χ0) is 17.6. The van der Waals surface area contributed by atoms with Gasteiger partial charge in [-0.2, -0.15) is 0 Å². The monoisotopic (exact) mass is 329 g/mol. The Hall–Kier alpha value is -2.50. The van der Waals surface area contributed by atoms with E-state index < -0.39 is 11.5 Å². The van der Waals surface area contributed by atoms with E-state index in [0.29, 0.717) is 25.2 Å². The molecule has 1 aliphatic heterocycles. The van der Waals surface area contributed by atoms with Gasteiger partial charge in [-0.1, -0.05) is 18.2 Å². The van der Waals surface area contributed by atoms with Crippen molar-refractivity contribution in [3.8, 4) is 0 Å². The molecule has 0 atom stereocenters. The molecule has 2 aromatic rings. The number of carbonyl (C=O) groups excluding carboxylic acids is 2. The molecule has 1 aromatic carbocycles. The lowest BCUT2D eigenvalue weighted by atomic mass is 10.1. The van der Waals surface area contributed by atoms with E-state index in [1.165, 1.54) is 0 Å². The van der Waals surface area contributed by atoms with Gasteiger partial charge in [0.05, 0.1) is 17.6 Å². The number of amides is 2. The van der Waals surface area contributed by atoms with Gasteiger partial charge >= 0.3 is 6.09 Å². The summed E-state index contributed by atoms with van der Waals surface area (Å²) in [5.74, 6) is -0.419. The second kappa shape index (κ2) is 5.54. The van der Waals surface area contributed by atoms with Crippen LogP contribution in [0.4, 0.5) is 4.79 Å². The molecule has 0 saturated carbocycles. The van der Waals surface area contributed by atoms with Crippen LogP contribution in [0, 0.1) is 6.92 Å². The van der Waals surface area contributed by atoms with Crippen LogP contribution in [0.5, 0.6) is 0 Å². The largest absolute Gasteiger partial charge is 0.444 e. The predicted molar refractivity (Wildman–Crippen MR) is 91.8 cm³/mol. The summed E-state index contributed by atoms with van der Waals surface area (Å²) in [7, 11) is 0. The lowest BCUT2D eigenvalue weighted by Crippen LogP contribution is -2.37. The van der Waals surface area contributed by atoms with Gasteiger partial charge in [-0.05, 0) is 33.3 Å². The van der Waals surface area contributed by atoms with Gasteiger partial charge in [0.25, 0.3) is 5.91 Å². The SMILES string of the molecule is Cc1c(C(N)=O)c2cccc3c2n1CCN(C(=O)OC(C)(C)C)C3. The Morgan fingerprint density at radius 3 is 2.54 bits per heavy atom. The first kappa shape index (κ1) is 16.4. The Morgan fingerprint density at radius 1 is 1.21 bits per heavy atom. The van der Waals surface area contributed by atoms with E-state index in [4.69, 9.17) is 10.5 Å². The summed E-state index contributed by atoms with van der Waals surface area (Å²) in [5.41, 5.74) is 8.42. The Morgan fingerprint density at radius 2 is 1.92 bits per heavy atom. The molecular weight excluding hydrogens is 306 g/mol. The Bertz CT molecular complexity index is 830. The van der Waals surface area contributed by atoms with Gasteiger partial charge in [0.15, 0.2) is 0 Å². The number of nitrogens with zero attached hydrogens (tertiary/aromatic N) is 2. The molecule has 1 aromatic heterocycles. The third-order valence-electron chi connectivity index (χ3n) is 4.28. The average Bonchev–Trinajstić information content (AvgIpc) is 2.62. The molecular formula is C18H23N3O3. The molecule has 0 unspecified atom stereocenters. The van der Waals surface area contributed by atoms with E-state index in [2.05, 4.69) is 4.57 Å². The highest BCUT2D eigenvalue weighted by molar-refractivity contribution is 6.08. The molecule has 6 nitrogen and oxygen atoms in total. The van der Waals surface area contributed by atoms with Crippen LogP contribution in [-0.4, -0.2) is 33.6 Å². The van der Waals surface area contributed by atoms with Crippen molar-refractivity contribution in [1.29, 1.82) is 0 Å². The number of benzene rings is 1. The standard InChI is InChI=1S/C18H23N3O3/c1-11-14(16(19)22)13-7-5-6-12-10-20(8-9-21(11)15(12)13)17(23)24-18(2,3)4/h5-7H,8-10H2,1-4H3,(H2,19,22). The molecule has 2 heterocycles. The highest BCUT2D eigenvalue weighted by atomic mass is 16.6. The van der Waals surface area contributed by atoms with Gasteiger partial charge in [-0.15, -0.1) is 0 Å². The lowest BCUT2D eigenvalue weighted by Gasteiger charge is -2.26. The van der Waals surface area contributed by atoms with Crippen LogP contribution in [0.1, 0.15) is 42.4 Å². The fraction of sp³-hybridized carbons (Fsp3) is 0.444. The fourth-order valence-corrected chi connectivity index (χ4v) is 3.32. The van der Waals surface area contributed by atoms with Gasteiger partial charge in [0, 0.05) is 24.2 Å². The van der Waals surface area contributed by atoms with E-state index in [1.54, 1.807) is 4.90 Å². The number of hydrogen-bond acceptors (Lipinski definition) is 3. The van der Waals surface area contributed by atoms with E-state index in [0.717, 1.165) is 22.2 Å². The second-order valence-electron chi connectivity index (χ2n) is 7.19. The number of carbonyl (C=O) groups is 2. The molecule has 3 rings (SSSR count). The van der Waals surface area contributed by atoms with Crippen LogP contribution in [0.3, 0.4) is 0 Å². The zero-order valence-electron chi connectivity index (χ0n) is 14.5. The first-order chi connectivity index (χ1) is 11.2. The first-order valence-electron chi connectivity index (χ1n) is 8.07. The van der Waals surface area contributed by atoms with Gasteiger partial charge in [0.2, 0.25) is 0 Å². The van der Waals surface area contributed by atoms with E-state index in [9.17, 15) is 9.59 Å². The van der Waals surface area contributed by atoms with Gasteiger partial charge in [0.1, 0.15) is 5.60 Å². The first-order valence-corrected chi connectivity index (χ1v) is 8.07. The second-order valence-corrected chi connectivity index (χ2v) is 7.19. The quantitative estimate of drug-likeness (QED) is 0.874. The van der Waals surface area contributed by atoms with Crippen LogP contribution >= 0.6 is 0 Å². The predicted octanol–water partition coefficient (Wildman–Crippen LogP) is 2.80. The molecule has 24 heavy (non-hydrogen) atoms. The highest BCUT2D eigenvalue weighted by Gasteiger charge is 2.28. The molecule has 2 N–H and O–H groups in total. The van der Waals surface area contributed by atoms with Crippen LogP contribution < -0.4 is 5.73 Å². The topological polar surface area (TPSA) is 77.6 Å². The van der Waals surface area contributed by atoms with Crippen molar-refractivity contribution in [1.82, 2.24) is 9.47 Å². The molecule has 0 fully saturated rings. The van der Waals surface area contributed by atoms with Gasteiger partial charge in [-0.25, -0.2) is 4.79 Å². The minimum Gasteiger partial charge on any atom is -0.444 e. The number of para-hydroxylation sites is 1. The lowest BCUT2D eigenvalue weighted by molar-refractivity contribution is 0.0232. The van der Waals surface area contributed by atoms with E-state index >= 15 is 0 Å². The summed E-state index contributed by atoms with van der Waals surface area (Å²) in [6.07, 6.45) is -0.321. The van der Waals surface area contributed by atoms with Crippen molar-refractivity contribution in [2.75, 3.05) is 6.54 Å². The smallest absolute Gasteiger partial charge is 0.410 e. The molecule has 6 heteroatoms. The van der Waals surface area contributed by atoms with Crippen LogP contribution in [0.2, 0.25) is 0 Å². The van der Waals surface area contributed by atoms with E-state index in [1.807, 2.05) is 45.9 Å². The van der Waals surface area contributed by atoms with E-state index in [-0.39, 0.29) is 6.09 Å². The number of nitrogens with two attached hydrogens (primary N) is 1. The zero-order valence-corrected chi connectivity index (χ0v) is 14.5. The number of rotatable bonds is 1. The third kappa shape index (κ3) is 2.72. The number of hydrogen-bond donors (Lipinski definition) is 1. The van der Waals surface area contributed by atoms with Crippen LogP contribution in [0.25, 0.3) is 10.9 Å². The number of primary amides is 1. The summed E-state index contributed by atoms with van der Waals surface area (Å²) in [5, 5.41) is 0.850. The number of ether oxygens (including phenoxy) is 1. The normalized spacial score (nSPS) is 14.6. The molecule has 1 aliphatic rings. The summed E-state index contributed by atoms with van der Waals surface area (Å²) in [4.78, 5) is 26.0. The van der Waals surface area contributed by atoms with Crippen LogP contribution in [0.15, 0.2) is 18.2 Å². The highest BCUT2D eigenvalue weighted by Crippen LogP contribution is 2.31. The van der Waals surface area contributed by atoms with Crippen molar-refractivity contribution in [2.24, 2.45) is 5.73 Å². The van der Waals surface area contributed by atoms with Crippen molar-refractivity contribution >= 4 is 22.9 Å². The van der Waals surface area contributed by atoms with Crippen molar-refractivity contribution in [3.63, 3.8) is 0 Å². The maximum Gasteiger partial charge on any atom is 0.410 e. The summed E-state index contributed by atoms with van der Waals surface area (Å²) >= 11 is 0. The summed E-state index contributed by atoms with van der Waals surface area (Å²) < 4.78 is 7.58. The summed E-state index contributed by atoms with van der Waals surface area (Å²) in [6, 6.07) is 5.78. The minimum absolute atomic E-state index is 0.321. The minimum atomic E-state index is -0.528. The van der Waals surface area contributed by atoms with Crippen molar-refractivity contribution < 1.29 is 14.3 Å². The molecule has 0 radical (unpaired) electrons. The summed E-state index contributed by atoms with van der Waals surface area (Å²) in [6.45, 7) is 9.04. The maximum absolute atomic E-state index is 12.4. The molecule has 0 saturated heterocycles. The molecule has 128 valence electrons. The van der Waals surface area contributed by atoms with Gasteiger partial charge < -0.3 is 19.9 Å². The Labute approximate surface area is 141 Å². The third-order valence-corrected chi connectivity index (χ3v) is 4.28. The van der Waals surface area contributed by atoms with Crippen molar-refractivity contribution in [2.45, 2.75) is 46.4 Å². The molecule has 0 aliphatic carbocycles.